The van der Waals surface area contributed by atoms with Crippen LogP contribution < -0.4 is 11.1 Å². The van der Waals surface area contributed by atoms with E-state index >= 15 is 0 Å². The molecule has 0 bridgehead atoms. The molecule has 0 spiro atoms. The Hall–Kier alpha value is -1.49. The first-order valence-corrected chi connectivity index (χ1v) is 5.52. The van der Waals surface area contributed by atoms with E-state index in [4.69, 9.17) is 18.0 Å². The molecule has 1 rings (SSSR count). The smallest absolute Gasteiger partial charge is 0.270 e. The summed E-state index contributed by atoms with van der Waals surface area (Å²) in [6, 6.07) is 3.46. The van der Waals surface area contributed by atoms with Gasteiger partial charge in [0.2, 0.25) is 0 Å². The van der Waals surface area contributed by atoms with Crippen LogP contribution in [0.1, 0.15) is 36.3 Å². The zero-order valence-corrected chi connectivity index (χ0v) is 10.2. The fourth-order valence-corrected chi connectivity index (χ4v) is 1.19. The van der Waals surface area contributed by atoms with Gasteiger partial charge in [0, 0.05) is 17.8 Å². The second kappa shape index (κ2) is 5.55. The van der Waals surface area contributed by atoms with Crippen LogP contribution in [0.25, 0.3) is 0 Å². The summed E-state index contributed by atoms with van der Waals surface area (Å²) >= 11 is 4.80. The monoisotopic (exact) mass is 237 g/mol. The predicted molar refractivity (Wildman–Crippen MR) is 67.3 cm³/mol. The predicted octanol–water partition coefficient (Wildman–Crippen LogP) is 1.24. The van der Waals surface area contributed by atoms with Crippen LogP contribution >= 0.6 is 12.2 Å². The molecular weight excluding hydrogens is 222 g/mol. The number of hydrogen-bond acceptors (Lipinski definition) is 3. The highest BCUT2D eigenvalue weighted by Gasteiger charge is 2.09. The van der Waals surface area contributed by atoms with Crippen LogP contribution in [-0.2, 0) is 0 Å². The molecule has 0 saturated heterocycles. The lowest BCUT2D eigenvalue weighted by atomic mass is 10.2. The lowest BCUT2D eigenvalue weighted by molar-refractivity contribution is 0.0934. The van der Waals surface area contributed by atoms with E-state index in [0.29, 0.717) is 11.3 Å². The number of nitrogens with one attached hydrogen (secondary N) is 1. The lowest BCUT2D eigenvalue weighted by Crippen LogP contribution is -2.32. The Labute approximate surface area is 100 Å². The number of carbonyl (C=O) groups is 1. The standard InChI is InChI=1S/C11H15N3OS/c1-3-7(2)14-11(15)9-5-4-8(6-13-9)10(12)16/h4-7H,3H2,1-2H3,(H2,12,16)(H,14,15). The number of aromatic nitrogens is 1. The van der Waals surface area contributed by atoms with Crippen molar-refractivity contribution >= 4 is 23.1 Å². The lowest BCUT2D eigenvalue weighted by Gasteiger charge is -2.10. The number of rotatable bonds is 4. The molecule has 0 aliphatic heterocycles. The van der Waals surface area contributed by atoms with E-state index in [2.05, 4.69) is 10.3 Å². The number of pyridine rings is 1. The van der Waals surface area contributed by atoms with Crippen molar-refractivity contribution in [2.45, 2.75) is 26.3 Å². The molecule has 5 heteroatoms. The quantitative estimate of drug-likeness (QED) is 0.773. The highest BCUT2D eigenvalue weighted by atomic mass is 32.1. The third-order valence-electron chi connectivity index (χ3n) is 2.27. The van der Waals surface area contributed by atoms with Gasteiger partial charge in [0.15, 0.2) is 0 Å². The topological polar surface area (TPSA) is 68.0 Å². The molecule has 1 aromatic heterocycles. The molecule has 0 fully saturated rings. The minimum atomic E-state index is -0.177. The molecular formula is C11H15N3OS. The maximum atomic E-state index is 11.7. The molecule has 1 aromatic rings. The van der Waals surface area contributed by atoms with Gasteiger partial charge in [-0.2, -0.15) is 0 Å². The third-order valence-corrected chi connectivity index (χ3v) is 2.51. The van der Waals surface area contributed by atoms with Crippen molar-refractivity contribution in [3.8, 4) is 0 Å². The second-order valence-electron chi connectivity index (χ2n) is 3.58. The molecule has 1 amide bonds. The van der Waals surface area contributed by atoms with Gasteiger partial charge in [-0.1, -0.05) is 19.1 Å². The first-order chi connectivity index (χ1) is 7.54. The maximum absolute atomic E-state index is 11.7. The summed E-state index contributed by atoms with van der Waals surface area (Å²) in [5.74, 6) is -0.177. The Bertz CT molecular complexity index is 389. The van der Waals surface area contributed by atoms with Gasteiger partial charge in [-0.15, -0.1) is 0 Å². The van der Waals surface area contributed by atoms with Gasteiger partial charge in [-0.25, -0.2) is 0 Å². The van der Waals surface area contributed by atoms with Gasteiger partial charge < -0.3 is 11.1 Å². The minimum absolute atomic E-state index is 0.143. The van der Waals surface area contributed by atoms with Crippen molar-refractivity contribution in [2.24, 2.45) is 5.73 Å². The van der Waals surface area contributed by atoms with E-state index in [0.717, 1.165) is 6.42 Å². The van der Waals surface area contributed by atoms with Gasteiger partial charge in [0.25, 0.3) is 5.91 Å². The van der Waals surface area contributed by atoms with Gasteiger partial charge >= 0.3 is 0 Å². The fraction of sp³-hybridized carbons (Fsp3) is 0.364. The van der Waals surface area contributed by atoms with E-state index in [-0.39, 0.29) is 16.9 Å². The van der Waals surface area contributed by atoms with E-state index < -0.39 is 0 Å². The van der Waals surface area contributed by atoms with Crippen molar-refractivity contribution < 1.29 is 4.79 Å². The number of hydrogen-bond donors (Lipinski definition) is 2. The molecule has 16 heavy (non-hydrogen) atoms. The van der Waals surface area contributed by atoms with Crippen molar-refractivity contribution in [2.75, 3.05) is 0 Å². The summed E-state index contributed by atoms with van der Waals surface area (Å²) in [6.07, 6.45) is 2.39. The van der Waals surface area contributed by atoms with Crippen LogP contribution in [0.4, 0.5) is 0 Å². The van der Waals surface area contributed by atoms with Crippen molar-refractivity contribution in [3.63, 3.8) is 0 Å². The summed E-state index contributed by atoms with van der Waals surface area (Å²) in [6.45, 7) is 3.95. The van der Waals surface area contributed by atoms with Crippen LogP contribution in [0, 0.1) is 0 Å². The van der Waals surface area contributed by atoms with Crippen LogP contribution in [0.5, 0.6) is 0 Å². The Balaban J connectivity index is 2.74. The Morgan fingerprint density at radius 3 is 2.75 bits per heavy atom. The fourth-order valence-electron chi connectivity index (χ4n) is 1.07. The molecule has 86 valence electrons. The van der Waals surface area contributed by atoms with Gasteiger partial charge in [-0.3, -0.25) is 9.78 Å². The molecule has 3 N–H and O–H groups in total. The Kier molecular flexibility index (Phi) is 4.37. The summed E-state index contributed by atoms with van der Waals surface area (Å²) in [7, 11) is 0. The molecule has 1 unspecified atom stereocenters. The van der Waals surface area contributed by atoms with E-state index in [9.17, 15) is 4.79 Å². The average molecular weight is 237 g/mol. The van der Waals surface area contributed by atoms with E-state index in [1.54, 1.807) is 12.1 Å². The molecule has 4 nitrogen and oxygen atoms in total. The van der Waals surface area contributed by atoms with Crippen LogP contribution in [0.2, 0.25) is 0 Å². The Morgan fingerprint density at radius 1 is 1.62 bits per heavy atom. The van der Waals surface area contributed by atoms with Gasteiger partial charge in [-0.05, 0) is 25.5 Å². The summed E-state index contributed by atoms with van der Waals surface area (Å²) in [5.41, 5.74) is 6.47. The minimum Gasteiger partial charge on any atom is -0.389 e. The number of thiocarbonyl (C=S) groups is 1. The number of nitrogens with two attached hydrogens (primary N) is 1. The average Bonchev–Trinajstić information content (AvgIpc) is 2.28. The second-order valence-corrected chi connectivity index (χ2v) is 4.02. The molecule has 0 aliphatic rings. The zero-order chi connectivity index (χ0) is 12.1. The van der Waals surface area contributed by atoms with Crippen LogP contribution in [0.15, 0.2) is 18.3 Å². The SMILES string of the molecule is CCC(C)NC(=O)c1ccc(C(N)=S)cn1. The van der Waals surface area contributed by atoms with Gasteiger partial charge in [0.1, 0.15) is 10.7 Å². The largest absolute Gasteiger partial charge is 0.389 e. The molecule has 0 aliphatic carbocycles. The van der Waals surface area contributed by atoms with E-state index in [1.165, 1.54) is 6.20 Å². The zero-order valence-electron chi connectivity index (χ0n) is 9.36. The summed E-state index contributed by atoms with van der Waals surface area (Å²) in [5, 5.41) is 2.83. The van der Waals surface area contributed by atoms with Crippen molar-refractivity contribution in [1.82, 2.24) is 10.3 Å². The number of nitrogens with zero attached hydrogens (tertiary/aromatic N) is 1. The van der Waals surface area contributed by atoms with Gasteiger partial charge in [0.05, 0.1) is 0 Å². The van der Waals surface area contributed by atoms with Crippen molar-refractivity contribution in [3.05, 3.63) is 29.6 Å². The summed E-state index contributed by atoms with van der Waals surface area (Å²) < 4.78 is 0. The molecule has 0 radical (unpaired) electrons. The molecule has 0 saturated carbocycles. The molecule has 1 atom stereocenters. The first kappa shape index (κ1) is 12.6. The highest BCUT2D eigenvalue weighted by Crippen LogP contribution is 2.01. The molecule has 1 heterocycles. The van der Waals surface area contributed by atoms with Crippen molar-refractivity contribution in [1.29, 1.82) is 0 Å². The number of carbonyl (C=O) groups excluding carboxylic acids is 1. The normalized spacial score (nSPS) is 11.9. The molecule has 0 aromatic carbocycles. The van der Waals surface area contributed by atoms with Crippen LogP contribution in [0.3, 0.4) is 0 Å². The Morgan fingerprint density at radius 2 is 2.31 bits per heavy atom. The number of amides is 1. The first-order valence-electron chi connectivity index (χ1n) is 5.11. The summed E-state index contributed by atoms with van der Waals surface area (Å²) in [4.78, 5) is 15.9. The highest BCUT2D eigenvalue weighted by molar-refractivity contribution is 7.80. The van der Waals surface area contributed by atoms with E-state index in [1.807, 2.05) is 13.8 Å². The maximum Gasteiger partial charge on any atom is 0.270 e. The van der Waals surface area contributed by atoms with Crippen LogP contribution in [-0.4, -0.2) is 21.9 Å². The third kappa shape index (κ3) is 3.27.